The molecule has 1 aliphatic rings. The lowest BCUT2D eigenvalue weighted by molar-refractivity contribution is 0.0927. The fraction of sp³-hybridized carbons (Fsp3) is 0.333. The van der Waals surface area contributed by atoms with Crippen molar-refractivity contribution in [2.24, 2.45) is 4.99 Å². The average molecular weight is 494 g/mol. The lowest BCUT2D eigenvalue weighted by Gasteiger charge is -2.30. The first-order chi connectivity index (χ1) is 13.3. The molecule has 2 aromatic rings. The molecule has 1 amide bonds. The Bertz CT molecular complexity index is 788. The first kappa shape index (κ1) is 22.0. The van der Waals surface area contributed by atoms with Crippen LogP contribution in [0.2, 0.25) is 0 Å². The number of carbonyl (C=O) groups is 1. The van der Waals surface area contributed by atoms with E-state index in [4.69, 9.17) is 4.42 Å². The molecule has 0 atom stereocenters. The number of hydrogen-bond donors (Lipinski definition) is 2. The van der Waals surface area contributed by atoms with Gasteiger partial charge in [0.15, 0.2) is 11.7 Å². The molecule has 3 rings (SSSR count). The van der Waals surface area contributed by atoms with Gasteiger partial charge >= 0.3 is 0 Å². The Hall–Kier alpha value is -2.29. The van der Waals surface area contributed by atoms with Crippen LogP contribution in [0.5, 0.6) is 0 Å². The van der Waals surface area contributed by atoms with Crippen molar-refractivity contribution in [2.45, 2.75) is 13.3 Å². The summed E-state index contributed by atoms with van der Waals surface area (Å²) in [5.74, 6) is 0.988. The van der Waals surface area contributed by atoms with Crippen LogP contribution in [0.3, 0.4) is 0 Å². The van der Waals surface area contributed by atoms with E-state index in [1.54, 1.807) is 12.1 Å². The van der Waals surface area contributed by atoms with E-state index in [9.17, 15) is 4.79 Å². The molecular weight excluding hydrogens is 467 g/mol. The first-order valence-corrected chi connectivity index (χ1v) is 9.37. The minimum absolute atomic E-state index is 0. The zero-order valence-electron chi connectivity index (χ0n) is 16.1. The molecule has 1 aromatic heterocycles. The largest absolute Gasteiger partial charge is 0.459 e. The topological polar surface area (TPSA) is 69.9 Å². The summed E-state index contributed by atoms with van der Waals surface area (Å²) in [5, 5.41) is 6.15. The highest BCUT2D eigenvalue weighted by molar-refractivity contribution is 14.0. The van der Waals surface area contributed by atoms with Gasteiger partial charge in [-0.25, -0.2) is 0 Å². The number of carbonyl (C=O) groups excluding carboxylic acids is 1. The monoisotopic (exact) mass is 494 g/mol. The van der Waals surface area contributed by atoms with Crippen LogP contribution < -0.4 is 10.6 Å². The Labute approximate surface area is 183 Å². The average Bonchev–Trinajstić information content (AvgIpc) is 3.26. The highest BCUT2D eigenvalue weighted by Crippen LogP contribution is 2.21. The van der Waals surface area contributed by atoms with Gasteiger partial charge in [-0.3, -0.25) is 9.79 Å². The molecule has 28 heavy (non-hydrogen) atoms. The SMILES string of the molecule is CCNC(=NCCNC(=O)c1ccco1)N1CC=C(c2ccccc2)CC1.I. The Kier molecular flexibility index (Phi) is 9.06. The van der Waals surface area contributed by atoms with Gasteiger partial charge in [-0.15, -0.1) is 24.0 Å². The van der Waals surface area contributed by atoms with Crippen LogP contribution in [0.1, 0.15) is 29.5 Å². The molecule has 2 heterocycles. The van der Waals surface area contributed by atoms with Crippen LogP contribution in [0.15, 0.2) is 64.2 Å². The number of halogens is 1. The number of amides is 1. The second-order valence-electron chi connectivity index (χ2n) is 6.26. The van der Waals surface area contributed by atoms with E-state index in [0.29, 0.717) is 18.8 Å². The number of hydrogen-bond acceptors (Lipinski definition) is 3. The second kappa shape index (κ2) is 11.5. The maximum absolute atomic E-state index is 11.9. The molecule has 0 fully saturated rings. The van der Waals surface area contributed by atoms with Gasteiger partial charge in [0.25, 0.3) is 5.91 Å². The lowest BCUT2D eigenvalue weighted by Crippen LogP contribution is -2.43. The minimum Gasteiger partial charge on any atom is -0.459 e. The van der Waals surface area contributed by atoms with E-state index >= 15 is 0 Å². The van der Waals surface area contributed by atoms with Crippen molar-refractivity contribution in [3.05, 3.63) is 66.1 Å². The zero-order valence-corrected chi connectivity index (χ0v) is 18.4. The van der Waals surface area contributed by atoms with Crippen molar-refractivity contribution in [1.29, 1.82) is 0 Å². The summed E-state index contributed by atoms with van der Waals surface area (Å²) in [5.41, 5.74) is 2.67. The van der Waals surface area contributed by atoms with Crippen molar-refractivity contribution in [2.75, 3.05) is 32.7 Å². The predicted molar refractivity (Wildman–Crippen MR) is 123 cm³/mol. The molecule has 0 saturated carbocycles. The van der Waals surface area contributed by atoms with E-state index in [1.165, 1.54) is 17.4 Å². The number of benzene rings is 1. The van der Waals surface area contributed by atoms with Gasteiger partial charge in [0.05, 0.1) is 12.8 Å². The van der Waals surface area contributed by atoms with Gasteiger partial charge in [-0.1, -0.05) is 36.4 Å². The summed E-state index contributed by atoms with van der Waals surface area (Å²) in [7, 11) is 0. The van der Waals surface area contributed by atoms with E-state index in [1.807, 2.05) is 6.07 Å². The second-order valence-corrected chi connectivity index (χ2v) is 6.26. The lowest BCUT2D eigenvalue weighted by atomic mass is 10.00. The molecule has 0 spiro atoms. The number of aliphatic imine (C=N–C) groups is 1. The summed E-state index contributed by atoms with van der Waals surface area (Å²) in [6.07, 6.45) is 4.75. The van der Waals surface area contributed by atoms with Crippen molar-refractivity contribution >= 4 is 41.4 Å². The predicted octanol–water partition coefficient (Wildman–Crippen LogP) is 3.38. The third kappa shape index (κ3) is 6.12. The van der Waals surface area contributed by atoms with Gasteiger partial charge in [-0.2, -0.15) is 0 Å². The first-order valence-electron chi connectivity index (χ1n) is 9.37. The Balaban J connectivity index is 0.00000280. The van der Waals surface area contributed by atoms with E-state index in [-0.39, 0.29) is 29.9 Å². The number of nitrogens with zero attached hydrogens (tertiary/aromatic N) is 2. The molecule has 0 bridgehead atoms. The van der Waals surface area contributed by atoms with Crippen LogP contribution in [0, 0.1) is 0 Å². The summed E-state index contributed by atoms with van der Waals surface area (Å²) in [6.45, 7) is 5.60. The molecule has 0 aliphatic carbocycles. The highest BCUT2D eigenvalue weighted by atomic mass is 127. The third-order valence-corrected chi connectivity index (χ3v) is 4.39. The number of furan rings is 1. The third-order valence-electron chi connectivity index (χ3n) is 4.39. The standard InChI is InChI=1S/C21H26N4O2.HI/c1-2-22-21(24-13-12-23-20(26)19-9-6-16-27-19)25-14-10-18(11-15-25)17-7-4-3-5-8-17;/h3-10,16H,2,11-15H2,1H3,(H,22,24)(H,23,26);1H. The Morgan fingerprint density at radius 3 is 2.64 bits per heavy atom. The van der Waals surface area contributed by atoms with E-state index in [0.717, 1.165) is 32.0 Å². The van der Waals surface area contributed by atoms with Crippen molar-refractivity contribution in [3.8, 4) is 0 Å². The highest BCUT2D eigenvalue weighted by Gasteiger charge is 2.16. The van der Waals surface area contributed by atoms with Crippen molar-refractivity contribution < 1.29 is 9.21 Å². The maximum atomic E-state index is 11.9. The molecule has 1 aromatic carbocycles. The Morgan fingerprint density at radius 1 is 1.18 bits per heavy atom. The molecular formula is C21H27IN4O2. The number of guanidine groups is 1. The normalized spacial score (nSPS) is 14.1. The number of nitrogens with one attached hydrogen (secondary N) is 2. The van der Waals surface area contributed by atoms with Crippen LogP contribution in [0.4, 0.5) is 0 Å². The summed E-state index contributed by atoms with van der Waals surface area (Å²) in [6, 6.07) is 13.8. The molecule has 0 radical (unpaired) electrons. The summed E-state index contributed by atoms with van der Waals surface area (Å²) >= 11 is 0. The Morgan fingerprint density at radius 2 is 2.00 bits per heavy atom. The summed E-state index contributed by atoms with van der Waals surface area (Å²) < 4.78 is 5.08. The fourth-order valence-electron chi connectivity index (χ4n) is 3.03. The van der Waals surface area contributed by atoms with Gasteiger partial charge in [0.2, 0.25) is 0 Å². The number of rotatable bonds is 6. The smallest absolute Gasteiger partial charge is 0.287 e. The fourth-order valence-corrected chi connectivity index (χ4v) is 3.03. The van der Waals surface area contributed by atoms with Gasteiger partial charge in [-0.05, 0) is 36.6 Å². The zero-order chi connectivity index (χ0) is 18.9. The molecule has 150 valence electrons. The van der Waals surface area contributed by atoms with Crippen LogP contribution in [-0.2, 0) is 0 Å². The van der Waals surface area contributed by atoms with Crippen LogP contribution in [0.25, 0.3) is 5.57 Å². The van der Waals surface area contributed by atoms with Crippen molar-refractivity contribution in [3.63, 3.8) is 0 Å². The molecule has 0 unspecified atom stereocenters. The van der Waals surface area contributed by atoms with E-state index in [2.05, 4.69) is 57.8 Å². The molecule has 6 nitrogen and oxygen atoms in total. The van der Waals surface area contributed by atoms with E-state index < -0.39 is 0 Å². The van der Waals surface area contributed by atoms with Gasteiger partial charge in [0, 0.05) is 26.2 Å². The van der Waals surface area contributed by atoms with Crippen molar-refractivity contribution in [1.82, 2.24) is 15.5 Å². The minimum atomic E-state index is -0.214. The molecule has 2 N–H and O–H groups in total. The maximum Gasteiger partial charge on any atom is 0.287 e. The van der Waals surface area contributed by atoms with Gasteiger partial charge in [0.1, 0.15) is 0 Å². The summed E-state index contributed by atoms with van der Waals surface area (Å²) in [4.78, 5) is 18.7. The molecule has 7 heteroatoms. The quantitative estimate of drug-likeness (QED) is 0.280. The molecule has 1 aliphatic heterocycles. The van der Waals surface area contributed by atoms with Crippen LogP contribution in [-0.4, -0.2) is 49.5 Å². The van der Waals surface area contributed by atoms with Crippen LogP contribution >= 0.6 is 24.0 Å². The van der Waals surface area contributed by atoms with Gasteiger partial charge < -0.3 is 20.0 Å². The molecule has 0 saturated heterocycles.